The molecule has 27 heavy (non-hydrogen) atoms. The maximum Gasteiger partial charge on any atom is 0.410 e. The van der Waals surface area contributed by atoms with Crippen LogP contribution in [0.4, 0.5) is 4.79 Å². The molecular weight excluding hydrogens is 374 g/mol. The summed E-state index contributed by atoms with van der Waals surface area (Å²) in [7, 11) is -4.37. The van der Waals surface area contributed by atoms with E-state index in [0.29, 0.717) is 26.2 Å². The number of rotatable bonds is 4. The summed E-state index contributed by atoms with van der Waals surface area (Å²) < 4.78 is 37.8. The number of hydrogen-bond acceptors (Lipinski definition) is 6. The lowest BCUT2D eigenvalue weighted by Crippen LogP contribution is -2.53. The molecule has 2 saturated heterocycles. The molecule has 0 radical (unpaired) electrons. The Kier molecular flexibility index (Phi) is 5.98. The van der Waals surface area contributed by atoms with Crippen LogP contribution in [0, 0.1) is 0 Å². The Bertz CT molecular complexity index is 779. The molecule has 2 aliphatic rings. The van der Waals surface area contributed by atoms with Crippen LogP contribution in [0.1, 0.15) is 12.0 Å². The normalized spacial score (nSPS) is 23.3. The molecule has 1 aromatic carbocycles. The number of piperazine rings is 1. The first-order chi connectivity index (χ1) is 12.9. The summed E-state index contributed by atoms with van der Waals surface area (Å²) in [5.41, 5.74) is 0.779. The lowest BCUT2D eigenvalue weighted by Gasteiger charge is -2.32. The molecule has 10 heteroatoms. The van der Waals surface area contributed by atoms with Gasteiger partial charge in [-0.3, -0.25) is 14.2 Å². The van der Waals surface area contributed by atoms with Gasteiger partial charge in [0.25, 0.3) is 10.1 Å². The van der Waals surface area contributed by atoms with E-state index in [1.807, 2.05) is 18.2 Å². The quantitative estimate of drug-likeness (QED) is 0.692. The van der Waals surface area contributed by atoms with Crippen LogP contribution >= 0.6 is 0 Å². The van der Waals surface area contributed by atoms with E-state index in [0.717, 1.165) is 10.5 Å². The second kappa shape index (κ2) is 8.24. The fourth-order valence-corrected chi connectivity index (χ4v) is 4.12. The zero-order valence-electron chi connectivity index (χ0n) is 14.8. The number of nitrogens with one attached hydrogen (secondary N) is 1. The molecule has 2 atom stereocenters. The van der Waals surface area contributed by atoms with Gasteiger partial charge in [0.05, 0.1) is 0 Å². The van der Waals surface area contributed by atoms with Crippen molar-refractivity contribution in [2.24, 2.45) is 0 Å². The number of nitrogens with zero attached hydrogens (tertiary/aromatic N) is 2. The van der Waals surface area contributed by atoms with Crippen LogP contribution in [0.15, 0.2) is 30.3 Å². The Morgan fingerprint density at radius 3 is 2.48 bits per heavy atom. The monoisotopic (exact) mass is 397 g/mol. The molecule has 2 heterocycles. The van der Waals surface area contributed by atoms with Crippen LogP contribution in [0.3, 0.4) is 0 Å². The third-order valence-electron chi connectivity index (χ3n) is 4.84. The molecule has 2 fully saturated rings. The SMILES string of the molecule is O=C([C@@H]1C[C@H](S(=O)(=O)O)CN1C(=O)OCc1ccccc1)N1CCNCC1. The van der Waals surface area contributed by atoms with Gasteiger partial charge in [0.1, 0.15) is 17.9 Å². The number of likely N-dealkylation sites (tertiary alicyclic amines) is 1. The van der Waals surface area contributed by atoms with Crippen LogP contribution in [0.25, 0.3) is 0 Å². The minimum absolute atomic E-state index is 0.0151. The van der Waals surface area contributed by atoms with Gasteiger partial charge in [-0.2, -0.15) is 8.42 Å². The van der Waals surface area contributed by atoms with Gasteiger partial charge in [0.2, 0.25) is 5.91 Å². The molecular formula is C17H23N3O6S. The number of benzene rings is 1. The average Bonchev–Trinajstić information content (AvgIpc) is 3.13. The van der Waals surface area contributed by atoms with Crippen molar-refractivity contribution < 1.29 is 27.3 Å². The van der Waals surface area contributed by atoms with Gasteiger partial charge >= 0.3 is 6.09 Å². The molecule has 1 aromatic rings. The second-order valence-corrected chi connectivity index (χ2v) is 8.35. The molecule has 0 bridgehead atoms. The van der Waals surface area contributed by atoms with Crippen LogP contribution in [0.2, 0.25) is 0 Å². The molecule has 0 unspecified atom stereocenters. The van der Waals surface area contributed by atoms with Crippen molar-refractivity contribution in [1.29, 1.82) is 0 Å². The van der Waals surface area contributed by atoms with Gasteiger partial charge in [-0.15, -0.1) is 0 Å². The van der Waals surface area contributed by atoms with E-state index in [9.17, 15) is 22.6 Å². The fourth-order valence-electron chi connectivity index (χ4n) is 3.35. The van der Waals surface area contributed by atoms with E-state index in [-0.39, 0.29) is 25.5 Å². The smallest absolute Gasteiger partial charge is 0.410 e. The molecule has 3 rings (SSSR count). The van der Waals surface area contributed by atoms with E-state index in [2.05, 4.69) is 5.32 Å². The lowest BCUT2D eigenvalue weighted by atomic mass is 10.1. The summed E-state index contributed by atoms with van der Waals surface area (Å²) >= 11 is 0. The zero-order chi connectivity index (χ0) is 19.4. The highest BCUT2D eigenvalue weighted by atomic mass is 32.2. The predicted octanol–water partition coefficient (Wildman–Crippen LogP) is 0.0857. The number of hydrogen-bond donors (Lipinski definition) is 2. The molecule has 2 aliphatic heterocycles. The standard InChI is InChI=1S/C17H23N3O6S/c21-16(19-8-6-18-7-9-19)15-10-14(27(23,24)25)11-20(15)17(22)26-12-13-4-2-1-3-5-13/h1-5,14-15,18H,6-12H2,(H,23,24,25)/t14-,15-/m0/s1. The molecule has 0 saturated carbocycles. The molecule has 148 valence electrons. The van der Waals surface area contributed by atoms with E-state index >= 15 is 0 Å². The van der Waals surface area contributed by atoms with Crippen molar-refractivity contribution in [3.8, 4) is 0 Å². The van der Waals surface area contributed by atoms with Crippen LogP contribution < -0.4 is 5.32 Å². The number of carbonyl (C=O) groups is 2. The van der Waals surface area contributed by atoms with Gasteiger partial charge in [-0.05, 0) is 12.0 Å². The van der Waals surface area contributed by atoms with E-state index in [1.54, 1.807) is 17.0 Å². The largest absolute Gasteiger partial charge is 0.445 e. The van der Waals surface area contributed by atoms with Gasteiger partial charge in [-0.25, -0.2) is 4.79 Å². The van der Waals surface area contributed by atoms with Crippen molar-refractivity contribution in [1.82, 2.24) is 15.1 Å². The van der Waals surface area contributed by atoms with Gasteiger partial charge < -0.3 is 15.0 Å². The Morgan fingerprint density at radius 2 is 1.85 bits per heavy atom. The number of amides is 2. The fraction of sp³-hybridized carbons (Fsp3) is 0.529. The van der Waals surface area contributed by atoms with Crippen LogP contribution in [-0.4, -0.2) is 78.8 Å². The third-order valence-corrected chi connectivity index (χ3v) is 6.02. The van der Waals surface area contributed by atoms with Gasteiger partial charge in [0, 0.05) is 32.7 Å². The highest BCUT2D eigenvalue weighted by Gasteiger charge is 2.46. The van der Waals surface area contributed by atoms with Gasteiger partial charge in [-0.1, -0.05) is 30.3 Å². The Labute approximate surface area is 158 Å². The number of ether oxygens (including phenoxy) is 1. The highest BCUT2D eigenvalue weighted by Crippen LogP contribution is 2.26. The van der Waals surface area contributed by atoms with Gasteiger partial charge in [0.15, 0.2) is 0 Å². The third kappa shape index (κ3) is 4.76. The first-order valence-corrected chi connectivity index (χ1v) is 10.3. The Morgan fingerprint density at radius 1 is 1.19 bits per heavy atom. The van der Waals surface area contributed by atoms with Crippen molar-refractivity contribution in [2.45, 2.75) is 24.3 Å². The summed E-state index contributed by atoms with van der Waals surface area (Å²) in [6.07, 6.45) is -0.902. The summed E-state index contributed by atoms with van der Waals surface area (Å²) in [6.45, 7) is 1.99. The van der Waals surface area contributed by atoms with E-state index < -0.39 is 27.5 Å². The first-order valence-electron chi connectivity index (χ1n) is 8.79. The first kappa shape index (κ1) is 19.6. The lowest BCUT2D eigenvalue weighted by molar-refractivity contribution is -0.136. The minimum atomic E-state index is -4.37. The molecule has 0 aliphatic carbocycles. The summed E-state index contributed by atoms with van der Waals surface area (Å²) in [5.74, 6) is -0.320. The molecule has 2 amide bonds. The van der Waals surface area contributed by atoms with Crippen molar-refractivity contribution in [2.75, 3.05) is 32.7 Å². The predicted molar refractivity (Wildman–Crippen MR) is 96.5 cm³/mol. The van der Waals surface area contributed by atoms with E-state index in [1.165, 1.54) is 0 Å². The number of carbonyl (C=O) groups excluding carboxylic acids is 2. The molecule has 9 nitrogen and oxygen atoms in total. The van der Waals surface area contributed by atoms with Crippen molar-refractivity contribution >= 4 is 22.1 Å². The highest BCUT2D eigenvalue weighted by molar-refractivity contribution is 7.86. The summed E-state index contributed by atoms with van der Waals surface area (Å²) in [6, 6.07) is 8.08. The second-order valence-electron chi connectivity index (χ2n) is 6.66. The topological polar surface area (TPSA) is 116 Å². The maximum atomic E-state index is 12.8. The molecule has 2 N–H and O–H groups in total. The van der Waals surface area contributed by atoms with Crippen molar-refractivity contribution in [3.63, 3.8) is 0 Å². The zero-order valence-corrected chi connectivity index (χ0v) is 15.6. The Balaban J connectivity index is 1.72. The van der Waals surface area contributed by atoms with Crippen LogP contribution in [0.5, 0.6) is 0 Å². The molecule has 0 spiro atoms. The Hall–Kier alpha value is -2.17. The molecule has 0 aromatic heterocycles. The summed E-state index contributed by atoms with van der Waals surface area (Å²) in [5, 5.41) is 1.93. The average molecular weight is 397 g/mol. The minimum Gasteiger partial charge on any atom is -0.445 e. The van der Waals surface area contributed by atoms with Crippen LogP contribution in [-0.2, 0) is 26.3 Å². The summed E-state index contributed by atoms with van der Waals surface area (Å²) in [4.78, 5) is 28.1. The van der Waals surface area contributed by atoms with Crippen molar-refractivity contribution in [3.05, 3.63) is 35.9 Å². The van der Waals surface area contributed by atoms with E-state index in [4.69, 9.17) is 4.74 Å². The maximum absolute atomic E-state index is 12.8.